The van der Waals surface area contributed by atoms with Crippen LogP contribution in [0.2, 0.25) is 0 Å². The molecule has 0 atom stereocenters. The fourth-order valence-electron chi connectivity index (χ4n) is 2.08. The third kappa shape index (κ3) is 4.05. The molecule has 1 amide bonds. The fourth-order valence-corrected chi connectivity index (χ4v) is 2.08. The number of hydrogen-bond acceptors (Lipinski definition) is 2. The Morgan fingerprint density at radius 1 is 1.26 bits per heavy atom. The van der Waals surface area contributed by atoms with Gasteiger partial charge in [0.2, 0.25) is 5.91 Å². The van der Waals surface area contributed by atoms with Crippen LogP contribution < -0.4 is 5.32 Å². The molecule has 1 N–H and O–H groups in total. The molecule has 0 aliphatic heterocycles. The molecule has 0 bridgehead atoms. The summed E-state index contributed by atoms with van der Waals surface area (Å²) in [5.74, 6) is 0.0336. The lowest BCUT2D eigenvalue weighted by Crippen LogP contribution is -2.23. The molecular formula is C16H21NO2. The van der Waals surface area contributed by atoms with Crippen molar-refractivity contribution in [3.63, 3.8) is 0 Å². The summed E-state index contributed by atoms with van der Waals surface area (Å²) in [5.41, 5.74) is 2.86. The number of benzene rings is 1. The summed E-state index contributed by atoms with van der Waals surface area (Å²) >= 11 is 0. The Kier molecular flexibility index (Phi) is 6.00. The smallest absolute Gasteiger partial charge is 0.224 e. The summed E-state index contributed by atoms with van der Waals surface area (Å²) in [6.45, 7) is 6.49. The van der Waals surface area contributed by atoms with Crippen molar-refractivity contribution in [3.8, 4) is 0 Å². The van der Waals surface area contributed by atoms with E-state index in [9.17, 15) is 9.59 Å². The molecule has 1 aromatic carbocycles. The topological polar surface area (TPSA) is 46.2 Å². The summed E-state index contributed by atoms with van der Waals surface area (Å²) in [4.78, 5) is 23.1. The predicted octanol–water partition coefficient (Wildman–Crippen LogP) is 2.75. The van der Waals surface area contributed by atoms with E-state index < -0.39 is 0 Å². The summed E-state index contributed by atoms with van der Waals surface area (Å²) in [7, 11) is 0. The molecule has 0 unspecified atom stereocenters. The van der Waals surface area contributed by atoms with Gasteiger partial charge in [0, 0.05) is 13.0 Å². The second kappa shape index (κ2) is 7.52. The first kappa shape index (κ1) is 15.2. The van der Waals surface area contributed by atoms with Gasteiger partial charge in [0.1, 0.15) is 0 Å². The molecule has 3 heteroatoms. The Morgan fingerprint density at radius 2 is 1.95 bits per heavy atom. The van der Waals surface area contributed by atoms with E-state index in [1.54, 1.807) is 6.08 Å². The van der Waals surface area contributed by atoms with Crippen LogP contribution >= 0.6 is 0 Å². The quantitative estimate of drug-likeness (QED) is 0.907. The number of nitrogens with one attached hydrogen (secondary N) is 1. The Balaban J connectivity index is 0.000000861. The van der Waals surface area contributed by atoms with Gasteiger partial charge in [-0.2, -0.15) is 0 Å². The van der Waals surface area contributed by atoms with Gasteiger partial charge >= 0.3 is 0 Å². The lowest BCUT2D eigenvalue weighted by atomic mass is 9.88. The Labute approximate surface area is 114 Å². The Hall–Kier alpha value is -1.90. The van der Waals surface area contributed by atoms with Crippen molar-refractivity contribution < 1.29 is 9.59 Å². The van der Waals surface area contributed by atoms with E-state index in [4.69, 9.17) is 0 Å². The number of ketones is 1. The molecule has 2 rings (SSSR count). The first-order chi connectivity index (χ1) is 9.20. The monoisotopic (exact) mass is 259 g/mol. The van der Waals surface area contributed by atoms with Gasteiger partial charge in [-0.05, 0) is 29.7 Å². The van der Waals surface area contributed by atoms with Crippen molar-refractivity contribution in [1.29, 1.82) is 0 Å². The largest absolute Gasteiger partial charge is 0.356 e. The van der Waals surface area contributed by atoms with E-state index in [-0.39, 0.29) is 18.1 Å². The number of amides is 1. The molecule has 102 valence electrons. The number of fused-ring (bicyclic) bond motifs is 1. The van der Waals surface area contributed by atoms with Crippen LogP contribution in [0.5, 0.6) is 0 Å². The number of allylic oxidation sites excluding steroid dienone is 1. The maximum Gasteiger partial charge on any atom is 0.224 e. The number of carbonyl (C=O) groups is 2. The highest BCUT2D eigenvalue weighted by atomic mass is 16.1. The van der Waals surface area contributed by atoms with Crippen molar-refractivity contribution in [3.05, 3.63) is 41.5 Å². The Morgan fingerprint density at radius 3 is 2.63 bits per heavy atom. The summed E-state index contributed by atoms with van der Waals surface area (Å²) in [5, 5.41) is 2.75. The van der Waals surface area contributed by atoms with Gasteiger partial charge in [-0.1, -0.05) is 38.1 Å². The Bertz CT molecular complexity index is 489. The summed E-state index contributed by atoms with van der Waals surface area (Å²) in [6.07, 6.45) is 2.31. The van der Waals surface area contributed by atoms with Crippen LogP contribution in [0, 0.1) is 0 Å². The molecule has 0 radical (unpaired) electrons. The normalized spacial score (nSPS) is 12.8. The molecule has 0 spiro atoms. The highest BCUT2D eigenvalue weighted by Crippen LogP contribution is 2.27. The van der Waals surface area contributed by atoms with Crippen LogP contribution in [0.3, 0.4) is 0 Å². The standard InChI is InChI=1S/C14H15NO2.C2H6/c1-2-15-14(17)9-11-8-12(16)7-10-5-3-4-6-13(10)11;1-2/h3-6,8H,2,7,9H2,1H3,(H,15,17);1-2H3. The zero-order valence-corrected chi connectivity index (χ0v) is 11.8. The number of rotatable bonds is 3. The summed E-state index contributed by atoms with van der Waals surface area (Å²) < 4.78 is 0. The van der Waals surface area contributed by atoms with Gasteiger partial charge in [-0.15, -0.1) is 0 Å². The first-order valence-corrected chi connectivity index (χ1v) is 6.79. The highest BCUT2D eigenvalue weighted by Gasteiger charge is 2.18. The minimum atomic E-state index is -0.0387. The van der Waals surface area contributed by atoms with E-state index in [2.05, 4.69) is 5.32 Å². The maximum absolute atomic E-state index is 11.6. The highest BCUT2D eigenvalue weighted by molar-refractivity contribution is 6.05. The van der Waals surface area contributed by atoms with Crippen LogP contribution in [0.1, 0.15) is 38.3 Å². The number of carbonyl (C=O) groups excluding carboxylic acids is 2. The maximum atomic E-state index is 11.6. The molecular weight excluding hydrogens is 238 g/mol. The van der Waals surface area contributed by atoms with Crippen molar-refractivity contribution in [2.24, 2.45) is 0 Å². The third-order valence-corrected chi connectivity index (χ3v) is 2.79. The molecule has 0 saturated heterocycles. The SMILES string of the molecule is CC.CCNC(=O)CC1=CC(=O)Cc2ccccc21. The average Bonchev–Trinajstić information content (AvgIpc) is 2.41. The second-order valence-corrected chi connectivity index (χ2v) is 4.10. The molecule has 3 nitrogen and oxygen atoms in total. The van der Waals surface area contributed by atoms with Crippen LogP contribution in [-0.2, 0) is 16.0 Å². The lowest BCUT2D eigenvalue weighted by Gasteiger charge is -2.16. The van der Waals surface area contributed by atoms with E-state index in [0.29, 0.717) is 13.0 Å². The van der Waals surface area contributed by atoms with Gasteiger partial charge in [0.25, 0.3) is 0 Å². The van der Waals surface area contributed by atoms with E-state index in [1.807, 2.05) is 45.0 Å². The van der Waals surface area contributed by atoms with Crippen molar-refractivity contribution in [2.45, 2.75) is 33.6 Å². The van der Waals surface area contributed by atoms with Crippen molar-refractivity contribution in [2.75, 3.05) is 6.54 Å². The van der Waals surface area contributed by atoms with Gasteiger partial charge in [-0.25, -0.2) is 0 Å². The van der Waals surface area contributed by atoms with Crippen molar-refractivity contribution in [1.82, 2.24) is 5.32 Å². The van der Waals surface area contributed by atoms with E-state index in [1.165, 1.54) is 0 Å². The van der Waals surface area contributed by atoms with Crippen LogP contribution in [0.25, 0.3) is 5.57 Å². The third-order valence-electron chi connectivity index (χ3n) is 2.79. The predicted molar refractivity (Wildman–Crippen MR) is 77.8 cm³/mol. The van der Waals surface area contributed by atoms with Crippen LogP contribution in [0.4, 0.5) is 0 Å². The zero-order chi connectivity index (χ0) is 14.3. The fraction of sp³-hybridized carbons (Fsp3) is 0.375. The first-order valence-electron chi connectivity index (χ1n) is 6.79. The zero-order valence-electron chi connectivity index (χ0n) is 11.8. The average molecular weight is 259 g/mol. The van der Waals surface area contributed by atoms with E-state index in [0.717, 1.165) is 16.7 Å². The second-order valence-electron chi connectivity index (χ2n) is 4.10. The van der Waals surface area contributed by atoms with Crippen molar-refractivity contribution >= 4 is 17.3 Å². The van der Waals surface area contributed by atoms with E-state index >= 15 is 0 Å². The van der Waals surface area contributed by atoms with Gasteiger partial charge < -0.3 is 5.32 Å². The molecule has 19 heavy (non-hydrogen) atoms. The molecule has 1 aliphatic rings. The van der Waals surface area contributed by atoms with Crippen LogP contribution in [0.15, 0.2) is 30.3 Å². The van der Waals surface area contributed by atoms with Crippen LogP contribution in [-0.4, -0.2) is 18.2 Å². The molecule has 0 aromatic heterocycles. The molecule has 1 aliphatic carbocycles. The minimum absolute atomic E-state index is 0.0387. The molecule has 0 heterocycles. The number of hydrogen-bond donors (Lipinski definition) is 1. The lowest BCUT2D eigenvalue weighted by molar-refractivity contribution is -0.119. The summed E-state index contributed by atoms with van der Waals surface area (Å²) in [6, 6.07) is 7.76. The molecule has 1 aromatic rings. The molecule has 0 fully saturated rings. The van der Waals surface area contributed by atoms with Gasteiger partial charge in [0.05, 0.1) is 6.42 Å². The van der Waals surface area contributed by atoms with Gasteiger partial charge in [0.15, 0.2) is 5.78 Å². The van der Waals surface area contributed by atoms with Gasteiger partial charge in [-0.3, -0.25) is 9.59 Å². The minimum Gasteiger partial charge on any atom is -0.356 e. The molecule has 0 saturated carbocycles.